The third kappa shape index (κ3) is 3.33. The van der Waals surface area contributed by atoms with E-state index < -0.39 is 11.5 Å². The molecule has 0 atom stereocenters. The summed E-state index contributed by atoms with van der Waals surface area (Å²) in [6.07, 6.45) is 0.787. The van der Waals surface area contributed by atoms with E-state index in [1.807, 2.05) is 13.0 Å². The first-order valence-electron chi connectivity index (χ1n) is 5.17. The lowest BCUT2D eigenvalue weighted by Gasteiger charge is -2.05. The number of nitrogens with zero attached hydrogens (tertiary/aromatic N) is 1. The number of pyridine rings is 1. The zero-order valence-corrected chi connectivity index (χ0v) is 10.1. The maximum absolute atomic E-state index is 11.6. The van der Waals surface area contributed by atoms with E-state index in [4.69, 9.17) is 16.9 Å². The van der Waals surface area contributed by atoms with Gasteiger partial charge in [-0.1, -0.05) is 18.5 Å². The van der Waals surface area contributed by atoms with E-state index in [1.54, 1.807) is 0 Å². The van der Waals surface area contributed by atoms with Gasteiger partial charge in [0, 0.05) is 12.2 Å². The summed E-state index contributed by atoms with van der Waals surface area (Å²) >= 11 is 5.90. The standard InChI is InChI=1S/C11H12ClN3O2/c1-2-9-8(12)6-7(11(17)15-9)10(16)14-5-3-4-13/h6H,2-3,5H2,1H3,(H,14,16)(H,15,17). The molecule has 0 fully saturated rings. The smallest absolute Gasteiger partial charge is 0.261 e. The first-order valence-corrected chi connectivity index (χ1v) is 5.54. The van der Waals surface area contributed by atoms with Crippen LogP contribution in [-0.2, 0) is 6.42 Å². The average Bonchev–Trinajstić information content (AvgIpc) is 2.31. The summed E-state index contributed by atoms with van der Waals surface area (Å²) in [7, 11) is 0. The first-order chi connectivity index (χ1) is 8.10. The van der Waals surface area contributed by atoms with Gasteiger partial charge in [-0.15, -0.1) is 0 Å². The second-order valence-electron chi connectivity index (χ2n) is 3.36. The van der Waals surface area contributed by atoms with Gasteiger partial charge >= 0.3 is 0 Å². The highest BCUT2D eigenvalue weighted by Crippen LogP contribution is 2.13. The van der Waals surface area contributed by atoms with E-state index in [1.165, 1.54) is 6.07 Å². The molecule has 0 aliphatic heterocycles. The lowest BCUT2D eigenvalue weighted by molar-refractivity contribution is 0.0953. The van der Waals surface area contributed by atoms with E-state index in [0.717, 1.165) is 0 Å². The van der Waals surface area contributed by atoms with Gasteiger partial charge < -0.3 is 10.3 Å². The molecule has 1 rings (SSSR count). The van der Waals surface area contributed by atoms with Gasteiger partial charge in [-0.3, -0.25) is 9.59 Å². The Bertz CT molecular complexity index is 516. The van der Waals surface area contributed by atoms with Crippen molar-refractivity contribution in [3.63, 3.8) is 0 Å². The molecule has 6 heteroatoms. The molecule has 0 saturated carbocycles. The van der Waals surface area contributed by atoms with Crippen molar-refractivity contribution < 1.29 is 4.79 Å². The number of aryl methyl sites for hydroxylation is 1. The monoisotopic (exact) mass is 253 g/mol. The second kappa shape index (κ2) is 6.06. The Labute approximate surface area is 103 Å². The number of aromatic amines is 1. The quantitative estimate of drug-likeness (QED) is 0.792. The summed E-state index contributed by atoms with van der Waals surface area (Å²) in [5, 5.41) is 11.2. The molecule has 0 bridgehead atoms. The first kappa shape index (κ1) is 13.3. The zero-order chi connectivity index (χ0) is 12.8. The Morgan fingerprint density at radius 2 is 2.35 bits per heavy atom. The number of halogens is 1. The Hall–Kier alpha value is -1.80. The summed E-state index contributed by atoms with van der Waals surface area (Å²) in [6.45, 7) is 2.06. The molecular formula is C11H12ClN3O2. The van der Waals surface area contributed by atoms with E-state index >= 15 is 0 Å². The van der Waals surface area contributed by atoms with Crippen LogP contribution in [0.5, 0.6) is 0 Å². The van der Waals surface area contributed by atoms with Gasteiger partial charge in [0.05, 0.1) is 17.5 Å². The number of aromatic nitrogens is 1. The van der Waals surface area contributed by atoms with Gasteiger partial charge in [-0.05, 0) is 12.5 Å². The molecule has 0 aliphatic rings. The molecule has 0 spiro atoms. The van der Waals surface area contributed by atoms with Gasteiger partial charge in [0.25, 0.3) is 11.5 Å². The average molecular weight is 254 g/mol. The molecular weight excluding hydrogens is 242 g/mol. The van der Waals surface area contributed by atoms with Gasteiger partial charge in [0.2, 0.25) is 0 Å². The fourth-order valence-electron chi connectivity index (χ4n) is 1.30. The molecule has 0 saturated heterocycles. The number of nitriles is 1. The largest absolute Gasteiger partial charge is 0.351 e. The van der Waals surface area contributed by atoms with Crippen LogP contribution in [0.4, 0.5) is 0 Å². The van der Waals surface area contributed by atoms with Crippen LogP contribution in [0, 0.1) is 11.3 Å². The number of carbonyl (C=O) groups is 1. The summed E-state index contributed by atoms with van der Waals surface area (Å²) in [5.41, 5.74) is 0.0936. The number of nitrogens with one attached hydrogen (secondary N) is 2. The third-order valence-electron chi connectivity index (χ3n) is 2.19. The molecule has 90 valence electrons. The molecule has 0 radical (unpaired) electrons. The van der Waals surface area contributed by atoms with Crippen molar-refractivity contribution in [2.45, 2.75) is 19.8 Å². The minimum atomic E-state index is -0.522. The summed E-state index contributed by atoms with van der Waals surface area (Å²) in [6, 6.07) is 3.24. The normalized spacial score (nSPS) is 9.71. The minimum Gasteiger partial charge on any atom is -0.351 e. The van der Waals surface area contributed by atoms with Crippen molar-refractivity contribution in [1.29, 1.82) is 5.26 Å². The predicted molar refractivity (Wildman–Crippen MR) is 64.0 cm³/mol. The molecule has 17 heavy (non-hydrogen) atoms. The molecule has 1 aromatic rings. The number of carbonyl (C=O) groups excluding carboxylic acids is 1. The van der Waals surface area contributed by atoms with E-state index in [0.29, 0.717) is 17.1 Å². The van der Waals surface area contributed by atoms with Crippen LogP contribution >= 0.6 is 11.6 Å². The molecule has 0 unspecified atom stereocenters. The van der Waals surface area contributed by atoms with Crippen LogP contribution in [0.25, 0.3) is 0 Å². The Kier molecular flexibility index (Phi) is 4.73. The fraction of sp³-hybridized carbons (Fsp3) is 0.364. The van der Waals surface area contributed by atoms with Crippen LogP contribution in [0.1, 0.15) is 29.4 Å². The van der Waals surface area contributed by atoms with Crippen molar-refractivity contribution in [3.05, 3.63) is 32.7 Å². The van der Waals surface area contributed by atoms with Crippen molar-refractivity contribution >= 4 is 17.5 Å². The number of hydrogen-bond acceptors (Lipinski definition) is 3. The summed E-state index contributed by atoms with van der Waals surface area (Å²) in [4.78, 5) is 25.7. The molecule has 5 nitrogen and oxygen atoms in total. The van der Waals surface area contributed by atoms with Gasteiger partial charge in [-0.2, -0.15) is 5.26 Å². The highest BCUT2D eigenvalue weighted by atomic mass is 35.5. The van der Waals surface area contributed by atoms with Crippen molar-refractivity contribution in [1.82, 2.24) is 10.3 Å². The van der Waals surface area contributed by atoms with E-state index in [9.17, 15) is 9.59 Å². The summed E-state index contributed by atoms with van der Waals surface area (Å²) in [5.74, 6) is -0.522. The molecule has 1 amide bonds. The van der Waals surface area contributed by atoms with Crippen LogP contribution in [0.3, 0.4) is 0 Å². The van der Waals surface area contributed by atoms with Crippen molar-refractivity contribution in [2.24, 2.45) is 0 Å². The highest BCUT2D eigenvalue weighted by Gasteiger charge is 2.12. The SMILES string of the molecule is CCc1[nH]c(=O)c(C(=O)NCCC#N)cc1Cl. The van der Waals surface area contributed by atoms with Crippen LogP contribution < -0.4 is 10.9 Å². The lowest BCUT2D eigenvalue weighted by Crippen LogP contribution is -2.30. The number of amides is 1. The number of hydrogen-bond donors (Lipinski definition) is 2. The predicted octanol–water partition coefficient (Wildman–Crippen LogP) is 1.23. The van der Waals surface area contributed by atoms with Crippen LogP contribution in [0.15, 0.2) is 10.9 Å². The van der Waals surface area contributed by atoms with Crippen molar-refractivity contribution in [3.8, 4) is 6.07 Å². The molecule has 0 aliphatic carbocycles. The molecule has 2 N–H and O–H groups in total. The van der Waals surface area contributed by atoms with Gasteiger partial charge in [0.1, 0.15) is 5.56 Å². The van der Waals surface area contributed by atoms with E-state index in [2.05, 4.69) is 10.3 Å². The zero-order valence-electron chi connectivity index (χ0n) is 9.34. The number of H-pyrrole nitrogens is 1. The molecule has 0 aromatic carbocycles. The minimum absolute atomic E-state index is 0.0369. The Balaban J connectivity index is 2.92. The fourth-order valence-corrected chi connectivity index (χ4v) is 1.59. The highest BCUT2D eigenvalue weighted by molar-refractivity contribution is 6.31. The van der Waals surface area contributed by atoms with Crippen molar-refractivity contribution in [2.75, 3.05) is 6.54 Å². The van der Waals surface area contributed by atoms with E-state index in [-0.39, 0.29) is 18.5 Å². The Morgan fingerprint density at radius 1 is 1.65 bits per heavy atom. The third-order valence-corrected chi connectivity index (χ3v) is 2.53. The molecule has 1 aromatic heterocycles. The van der Waals surface area contributed by atoms with Crippen LogP contribution in [0.2, 0.25) is 5.02 Å². The Morgan fingerprint density at radius 3 is 2.94 bits per heavy atom. The van der Waals surface area contributed by atoms with Crippen LogP contribution in [-0.4, -0.2) is 17.4 Å². The maximum Gasteiger partial charge on any atom is 0.261 e. The number of rotatable bonds is 4. The topological polar surface area (TPSA) is 85.8 Å². The summed E-state index contributed by atoms with van der Waals surface area (Å²) < 4.78 is 0. The second-order valence-corrected chi connectivity index (χ2v) is 3.76. The molecule has 1 heterocycles. The van der Waals surface area contributed by atoms with Gasteiger partial charge in [-0.25, -0.2) is 0 Å². The maximum atomic E-state index is 11.6. The van der Waals surface area contributed by atoms with Gasteiger partial charge in [0.15, 0.2) is 0 Å². The lowest BCUT2D eigenvalue weighted by atomic mass is 10.2.